The van der Waals surface area contributed by atoms with Gasteiger partial charge >= 0.3 is 18.1 Å². The maximum Gasteiger partial charge on any atom is 0.490 e. The van der Waals surface area contributed by atoms with Crippen molar-refractivity contribution >= 4 is 69.5 Å². The number of rotatable bonds is 10. The summed E-state index contributed by atoms with van der Waals surface area (Å²) >= 11 is 4.11. The van der Waals surface area contributed by atoms with Gasteiger partial charge in [0.2, 0.25) is 0 Å². The number of nitrogens with two attached hydrogens (primary N) is 2. The van der Waals surface area contributed by atoms with E-state index in [1.54, 1.807) is 31.1 Å². The van der Waals surface area contributed by atoms with Gasteiger partial charge in [-0.1, -0.05) is 16.9 Å². The largest absolute Gasteiger partial charge is 0.490 e. The van der Waals surface area contributed by atoms with Crippen molar-refractivity contribution in [3.63, 3.8) is 0 Å². The second-order valence-corrected chi connectivity index (χ2v) is 12.5. The number of thiazole rings is 1. The molecule has 0 radical (unpaired) electrons. The van der Waals surface area contributed by atoms with Crippen molar-refractivity contribution in [1.29, 1.82) is 0 Å². The van der Waals surface area contributed by atoms with Crippen molar-refractivity contribution in [2.24, 2.45) is 10.9 Å². The van der Waals surface area contributed by atoms with Crippen LogP contribution in [0, 0.1) is 6.92 Å². The smallest absolute Gasteiger partial charge is 0.477 e. The third-order valence-electron chi connectivity index (χ3n) is 6.09. The van der Waals surface area contributed by atoms with E-state index in [1.165, 1.54) is 16.7 Å². The molecule has 2 aliphatic heterocycles. The van der Waals surface area contributed by atoms with Crippen molar-refractivity contribution in [2.45, 2.75) is 48.7 Å². The molecule has 8 N–H and O–H groups in total. The van der Waals surface area contributed by atoms with E-state index in [-0.39, 0.29) is 22.2 Å². The third-order valence-corrected chi connectivity index (χ3v) is 9.19. The normalized spacial score (nSPS) is 18.2. The number of nitrogen functional groups attached to an aromatic ring is 1. The van der Waals surface area contributed by atoms with Gasteiger partial charge in [-0.2, -0.15) is 24.9 Å². The number of hydrogen-bond donors (Lipinski definition) is 6. The third kappa shape index (κ3) is 7.98. The number of carbonyl (C=O) groups is 4. The molecular formula is C24H26F3N7O7S3. The molecule has 2 aromatic heterocycles. The first-order valence-corrected chi connectivity index (χ1v) is 15.2. The van der Waals surface area contributed by atoms with Gasteiger partial charge in [0, 0.05) is 45.1 Å². The van der Waals surface area contributed by atoms with Crippen molar-refractivity contribution < 1.29 is 47.8 Å². The molecule has 0 aromatic carbocycles. The van der Waals surface area contributed by atoms with Gasteiger partial charge in [-0.3, -0.25) is 19.5 Å². The number of alkyl halides is 3. The number of fused-ring (bicyclic) bond motifs is 1. The highest BCUT2D eigenvalue weighted by atomic mass is 32.2. The van der Waals surface area contributed by atoms with Gasteiger partial charge in [-0.05, 0) is 31.4 Å². The number of carbonyl (C=O) groups excluding carboxylic acids is 2. The minimum absolute atomic E-state index is 0.0895. The number of aryl methyl sites for hydroxylation is 1. The number of amides is 2. The molecule has 0 bridgehead atoms. The zero-order valence-corrected chi connectivity index (χ0v) is 25.1. The molecule has 4 heterocycles. The quantitative estimate of drug-likeness (QED) is 0.0695. The Morgan fingerprint density at radius 1 is 1.30 bits per heavy atom. The Balaban J connectivity index is 0.000000676. The van der Waals surface area contributed by atoms with E-state index < -0.39 is 42.0 Å². The van der Waals surface area contributed by atoms with E-state index in [9.17, 15) is 37.9 Å². The van der Waals surface area contributed by atoms with E-state index in [4.69, 9.17) is 21.4 Å². The molecule has 1 unspecified atom stereocenters. The molecule has 14 nitrogen and oxygen atoms in total. The lowest BCUT2D eigenvalue weighted by Crippen LogP contribution is -2.72. The van der Waals surface area contributed by atoms with Gasteiger partial charge in [-0.15, -0.1) is 11.3 Å². The number of oxime groups is 1. The topological polar surface area (TPSA) is 234 Å². The van der Waals surface area contributed by atoms with Gasteiger partial charge in [0.05, 0.1) is 6.04 Å². The van der Waals surface area contributed by atoms with E-state index >= 15 is 0 Å². The average molecular weight is 678 g/mol. The predicted octanol–water partition coefficient (Wildman–Crippen LogP) is 2.01. The Morgan fingerprint density at radius 3 is 2.52 bits per heavy atom. The standard InChI is InChI=1S/C22H25N7O5S3.C2HF3O2/c1-10-15(27-22(24)36-10)17(28-34)19(30)26-16-12-2-3-14(18(21(32)33)29(12)20(16)31)37-13-4-6-25-8-11(13)9-35-7-5-23;3-2(4,5)1(6)7/h4,6,8,12,16,34H,2-3,5,7,9,23H2,1H3,(H2,24,27)(H,26,30)(H,32,33);(H,6,7)/t12?,16-;/m1./s1. The number of carboxylic acids is 2. The van der Waals surface area contributed by atoms with Crippen LogP contribution in [-0.4, -0.2) is 90.3 Å². The first-order valence-electron chi connectivity index (χ1n) is 12.5. The number of carboxylic acid groups (broad SMARTS) is 2. The molecule has 2 amide bonds. The van der Waals surface area contributed by atoms with Crippen LogP contribution in [0.2, 0.25) is 0 Å². The lowest BCUT2D eigenvalue weighted by atomic mass is 9.86. The van der Waals surface area contributed by atoms with Crippen molar-refractivity contribution in [1.82, 2.24) is 20.2 Å². The molecule has 44 heavy (non-hydrogen) atoms. The summed E-state index contributed by atoms with van der Waals surface area (Å²) in [6.07, 6.45) is -0.832. The second-order valence-electron chi connectivity index (χ2n) is 8.98. The molecule has 0 saturated carbocycles. The molecule has 2 atom stereocenters. The number of β-lactam (4-membered cyclic amide) rings is 1. The fourth-order valence-corrected chi connectivity index (χ4v) is 6.89. The van der Waals surface area contributed by atoms with Gasteiger partial charge in [-0.25, -0.2) is 14.6 Å². The molecule has 0 aliphatic carbocycles. The summed E-state index contributed by atoms with van der Waals surface area (Å²) in [5.74, 6) is -3.85. The Bertz CT molecular complexity index is 1500. The molecule has 2 aromatic rings. The summed E-state index contributed by atoms with van der Waals surface area (Å²) in [7, 11) is 0. The van der Waals surface area contributed by atoms with Crippen LogP contribution in [0.4, 0.5) is 18.3 Å². The van der Waals surface area contributed by atoms with Crippen LogP contribution in [0.5, 0.6) is 0 Å². The summed E-state index contributed by atoms with van der Waals surface area (Å²) in [4.78, 5) is 58.4. The van der Waals surface area contributed by atoms with Crippen LogP contribution in [0.1, 0.15) is 29.0 Å². The number of nitrogens with zero attached hydrogens (tertiary/aromatic N) is 4. The maximum absolute atomic E-state index is 13.0. The van der Waals surface area contributed by atoms with Crippen molar-refractivity contribution in [3.05, 3.63) is 45.2 Å². The number of nitrogens with one attached hydrogen (secondary N) is 1. The summed E-state index contributed by atoms with van der Waals surface area (Å²) in [6.45, 7) is 2.23. The zero-order chi connectivity index (χ0) is 32.8. The Morgan fingerprint density at radius 2 is 1.98 bits per heavy atom. The van der Waals surface area contributed by atoms with Gasteiger partial charge in [0.25, 0.3) is 11.8 Å². The van der Waals surface area contributed by atoms with Crippen molar-refractivity contribution in [2.75, 3.05) is 18.0 Å². The fourth-order valence-electron chi connectivity index (χ4n) is 4.19. The summed E-state index contributed by atoms with van der Waals surface area (Å²) in [6, 6.07) is 0.335. The van der Waals surface area contributed by atoms with Crippen LogP contribution in [0.25, 0.3) is 0 Å². The highest BCUT2D eigenvalue weighted by Crippen LogP contribution is 2.44. The van der Waals surface area contributed by atoms with E-state index in [1.807, 2.05) is 6.07 Å². The Hall–Kier alpha value is -3.88. The number of allylic oxidation sites excluding steroid dienone is 1. The molecule has 238 valence electrons. The number of hydrogen-bond acceptors (Lipinski definition) is 13. The summed E-state index contributed by atoms with van der Waals surface area (Å²) < 4.78 is 31.7. The van der Waals surface area contributed by atoms with E-state index in [2.05, 4.69) is 20.4 Å². The van der Waals surface area contributed by atoms with E-state index in [0.717, 1.165) is 27.5 Å². The Labute approximate surface area is 259 Å². The summed E-state index contributed by atoms with van der Waals surface area (Å²) in [5, 5.41) is 32.4. The second kappa shape index (κ2) is 14.7. The van der Waals surface area contributed by atoms with Gasteiger partial charge < -0.3 is 32.2 Å². The number of halogens is 3. The molecular weight excluding hydrogens is 652 g/mol. The Kier molecular flexibility index (Phi) is 11.6. The lowest BCUT2D eigenvalue weighted by molar-refractivity contribution is -0.192. The zero-order valence-electron chi connectivity index (χ0n) is 22.7. The fraction of sp³-hybridized carbons (Fsp3) is 0.375. The number of aromatic nitrogens is 2. The van der Waals surface area contributed by atoms with Crippen LogP contribution >= 0.6 is 34.9 Å². The number of pyridine rings is 1. The molecule has 0 spiro atoms. The van der Waals surface area contributed by atoms with E-state index in [0.29, 0.717) is 34.9 Å². The average Bonchev–Trinajstić information content (AvgIpc) is 3.29. The number of thioether (sulfide) groups is 2. The minimum atomic E-state index is -5.08. The summed E-state index contributed by atoms with van der Waals surface area (Å²) in [5.41, 5.74) is 11.9. The number of anilines is 1. The predicted molar refractivity (Wildman–Crippen MR) is 155 cm³/mol. The van der Waals surface area contributed by atoms with Gasteiger partial charge in [0.15, 0.2) is 10.8 Å². The SMILES string of the molecule is Cc1sc(N)nc1C(=NO)C(=O)N[C@H]1C(=O)N2C(C(=O)O)=C(Sc3ccncc3CSCCN)CCC12.O=C(O)C(F)(F)F. The minimum Gasteiger partial charge on any atom is -0.477 e. The maximum atomic E-state index is 13.0. The molecule has 1 fully saturated rings. The molecule has 20 heteroatoms. The molecule has 2 aliphatic rings. The lowest BCUT2D eigenvalue weighted by Gasteiger charge is -2.50. The highest BCUT2D eigenvalue weighted by molar-refractivity contribution is 8.03. The van der Waals surface area contributed by atoms with Crippen LogP contribution < -0.4 is 16.8 Å². The number of aliphatic carboxylic acids is 2. The first kappa shape index (κ1) is 34.6. The van der Waals surface area contributed by atoms with Crippen LogP contribution in [0.3, 0.4) is 0 Å². The molecule has 4 rings (SSSR count). The molecule has 1 saturated heterocycles. The first-order chi connectivity index (χ1) is 20.7. The van der Waals surface area contributed by atoms with Crippen molar-refractivity contribution in [3.8, 4) is 0 Å². The van der Waals surface area contributed by atoms with Crippen LogP contribution in [0.15, 0.2) is 39.1 Å². The van der Waals surface area contributed by atoms with Gasteiger partial charge in [0.1, 0.15) is 17.4 Å². The van der Waals surface area contributed by atoms with Crippen LogP contribution in [-0.2, 0) is 24.9 Å². The monoisotopic (exact) mass is 677 g/mol. The highest BCUT2D eigenvalue weighted by Gasteiger charge is 2.54.